The zero-order chi connectivity index (χ0) is 20.8. The van der Waals surface area contributed by atoms with Crippen molar-refractivity contribution in [2.45, 2.75) is 0 Å². The van der Waals surface area contributed by atoms with Crippen molar-refractivity contribution in [2.24, 2.45) is 0 Å². The molecule has 3 heterocycles. The van der Waals surface area contributed by atoms with E-state index in [-0.39, 0.29) is 0 Å². The lowest BCUT2D eigenvalue weighted by Gasteiger charge is -2.12. The van der Waals surface area contributed by atoms with Crippen LogP contribution in [0.5, 0.6) is 0 Å². The predicted molar refractivity (Wildman–Crippen MR) is 135 cm³/mol. The zero-order valence-corrected chi connectivity index (χ0v) is 17.3. The molecule has 0 unspecified atom stereocenters. The van der Waals surface area contributed by atoms with E-state index in [1.807, 2.05) is 0 Å². The van der Waals surface area contributed by atoms with Gasteiger partial charge >= 0.3 is 0 Å². The van der Waals surface area contributed by atoms with Gasteiger partial charge in [0.05, 0.1) is 16.7 Å². The summed E-state index contributed by atoms with van der Waals surface area (Å²) in [6.07, 6.45) is 0. The quantitative estimate of drug-likeness (QED) is 0.263. The summed E-state index contributed by atoms with van der Waals surface area (Å²) in [6, 6.07) is 37.6. The average molecular weight is 406 g/mol. The predicted octanol–water partition coefficient (Wildman–Crippen LogP) is 8.07. The van der Waals surface area contributed by atoms with Crippen molar-refractivity contribution in [2.75, 3.05) is 0 Å². The van der Waals surface area contributed by atoms with Crippen LogP contribution >= 0.6 is 0 Å². The lowest BCUT2D eigenvalue weighted by atomic mass is 9.94. The third-order valence-corrected chi connectivity index (χ3v) is 7.07. The normalized spacial score (nSPS) is 12.4. The van der Waals surface area contributed by atoms with E-state index in [2.05, 4.69) is 113 Å². The van der Waals surface area contributed by atoms with E-state index in [4.69, 9.17) is 0 Å². The standard InChI is InChI=1S/C30H18N2/c1-2-9-19-18(8-1)21-11-4-6-15-28(21)32-29-17-27-24(20-10-3-5-14-26(20)31-27)16-25(29)23-13-7-12-22(19)30(23)32/h1-17,31H. The van der Waals surface area contributed by atoms with Crippen molar-refractivity contribution < 1.29 is 0 Å². The van der Waals surface area contributed by atoms with Crippen LogP contribution in [0.15, 0.2) is 103 Å². The molecule has 7 aromatic rings. The summed E-state index contributed by atoms with van der Waals surface area (Å²) in [5.74, 6) is 0. The molecular weight excluding hydrogens is 388 g/mol. The minimum Gasteiger partial charge on any atom is -0.354 e. The SMILES string of the molecule is c1ccc2c(c1)-c1ccccc1-n1c3cc4[nH]c5ccccc5c4cc3c3cccc-2c31. The molecule has 0 amide bonds. The first kappa shape index (κ1) is 16.4. The molecule has 0 fully saturated rings. The lowest BCUT2D eigenvalue weighted by Crippen LogP contribution is -1.95. The minimum atomic E-state index is 1.18. The summed E-state index contributed by atoms with van der Waals surface area (Å²) in [5, 5.41) is 5.16. The van der Waals surface area contributed by atoms with Crippen LogP contribution in [0, 0.1) is 0 Å². The Kier molecular flexibility index (Phi) is 2.91. The Labute approximate surface area is 184 Å². The molecule has 0 aliphatic carbocycles. The second-order valence-electron chi connectivity index (χ2n) is 8.69. The number of H-pyrrole nitrogens is 1. The number of benzene rings is 5. The molecule has 148 valence electrons. The Balaban J connectivity index is 1.66. The number of aromatic amines is 1. The van der Waals surface area contributed by atoms with Gasteiger partial charge in [-0.2, -0.15) is 0 Å². The number of hydrogen-bond acceptors (Lipinski definition) is 0. The summed E-state index contributed by atoms with van der Waals surface area (Å²) in [6.45, 7) is 0. The van der Waals surface area contributed by atoms with Crippen molar-refractivity contribution in [3.8, 4) is 27.9 Å². The van der Waals surface area contributed by atoms with Gasteiger partial charge in [0.1, 0.15) is 0 Å². The third-order valence-electron chi connectivity index (χ3n) is 7.07. The average Bonchev–Trinajstić information content (AvgIpc) is 3.33. The second-order valence-corrected chi connectivity index (χ2v) is 8.69. The van der Waals surface area contributed by atoms with Gasteiger partial charge in [0.2, 0.25) is 0 Å². The molecule has 0 radical (unpaired) electrons. The molecule has 5 aromatic carbocycles. The van der Waals surface area contributed by atoms with Crippen molar-refractivity contribution in [3.63, 3.8) is 0 Å². The van der Waals surface area contributed by atoms with Gasteiger partial charge in [-0.3, -0.25) is 0 Å². The molecule has 2 aromatic heterocycles. The smallest absolute Gasteiger partial charge is 0.0619 e. The van der Waals surface area contributed by atoms with Crippen LogP contribution < -0.4 is 0 Å². The molecule has 2 heteroatoms. The molecule has 0 saturated heterocycles. The zero-order valence-electron chi connectivity index (χ0n) is 17.3. The molecule has 1 N–H and O–H groups in total. The fraction of sp³-hybridized carbons (Fsp3) is 0. The Morgan fingerprint density at radius 3 is 2.06 bits per heavy atom. The first-order valence-corrected chi connectivity index (χ1v) is 11.1. The van der Waals surface area contributed by atoms with Crippen LogP contribution in [-0.4, -0.2) is 9.55 Å². The van der Waals surface area contributed by atoms with Crippen molar-refractivity contribution in [1.82, 2.24) is 9.55 Å². The Morgan fingerprint density at radius 2 is 1.16 bits per heavy atom. The van der Waals surface area contributed by atoms with Crippen LogP contribution in [0.25, 0.3) is 71.6 Å². The highest BCUT2D eigenvalue weighted by Gasteiger charge is 2.24. The Hall–Kier alpha value is -4.30. The second kappa shape index (κ2) is 5.68. The highest BCUT2D eigenvalue weighted by atomic mass is 15.0. The van der Waals surface area contributed by atoms with Gasteiger partial charge in [0.15, 0.2) is 0 Å². The van der Waals surface area contributed by atoms with Gasteiger partial charge in [0, 0.05) is 43.7 Å². The van der Waals surface area contributed by atoms with E-state index in [9.17, 15) is 0 Å². The van der Waals surface area contributed by atoms with E-state index in [1.54, 1.807) is 0 Å². The molecule has 1 aliphatic heterocycles. The Bertz CT molecular complexity index is 1880. The maximum Gasteiger partial charge on any atom is 0.0619 e. The van der Waals surface area contributed by atoms with Gasteiger partial charge < -0.3 is 9.55 Å². The Morgan fingerprint density at radius 1 is 0.469 bits per heavy atom. The number of nitrogens with one attached hydrogen (secondary N) is 1. The minimum absolute atomic E-state index is 1.18. The largest absolute Gasteiger partial charge is 0.354 e. The van der Waals surface area contributed by atoms with E-state index >= 15 is 0 Å². The molecule has 0 spiro atoms. The van der Waals surface area contributed by atoms with Crippen LogP contribution in [0.3, 0.4) is 0 Å². The monoisotopic (exact) mass is 406 g/mol. The number of hydrogen-bond donors (Lipinski definition) is 1. The summed E-state index contributed by atoms with van der Waals surface area (Å²) in [7, 11) is 0. The molecule has 0 atom stereocenters. The van der Waals surface area contributed by atoms with E-state index in [0.717, 1.165) is 0 Å². The van der Waals surface area contributed by atoms with Crippen molar-refractivity contribution >= 4 is 43.6 Å². The summed E-state index contributed by atoms with van der Waals surface area (Å²) in [4.78, 5) is 3.64. The first-order chi connectivity index (χ1) is 15.9. The lowest BCUT2D eigenvalue weighted by molar-refractivity contribution is 1.19. The number of fused-ring (bicyclic) bond motifs is 11. The van der Waals surface area contributed by atoms with Crippen LogP contribution in [0.4, 0.5) is 0 Å². The van der Waals surface area contributed by atoms with Gasteiger partial charge in [0.25, 0.3) is 0 Å². The van der Waals surface area contributed by atoms with Crippen LogP contribution in [-0.2, 0) is 0 Å². The number of nitrogens with zero attached hydrogens (tertiary/aromatic N) is 1. The number of rotatable bonds is 0. The summed E-state index contributed by atoms with van der Waals surface area (Å²) in [5.41, 5.74) is 11.3. The van der Waals surface area contributed by atoms with E-state index < -0.39 is 0 Å². The fourth-order valence-corrected chi connectivity index (χ4v) is 5.73. The highest BCUT2D eigenvalue weighted by Crippen LogP contribution is 2.47. The van der Waals surface area contributed by atoms with Crippen molar-refractivity contribution in [1.29, 1.82) is 0 Å². The third kappa shape index (κ3) is 1.91. The molecule has 32 heavy (non-hydrogen) atoms. The first-order valence-electron chi connectivity index (χ1n) is 11.1. The van der Waals surface area contributed by atoms with Crippen molar-refractivity contribution in [3.05, 3.63) is 103 Å². The van der Waals surface area contributed by atoms with Gasteiger partial charge in [-0.1, -0.05) is 78.9 Å². The fourth-order valence-electron chi connectivity index (χ4n) is 5.73. The van der Waals surface area contributed by atoms with Crippen LogP contribution in [0.1, 0.15) is 0 Å². The van der Waals surface area contributed by atoms with Gasteiger partial charge in [-0.25, -0.2) is 0 Å². The molecule has 2 nitrogen and oxygen atoms in total. The molecular formula is C30H18N2. The number of para-hydroxylation sites is 3. The number of aromatic nitrogens is 2. The van der Waals surface area contributed by atoms with E-state index in [1.165, 1.54) is 71.6 Å². The summed E-state index contributed by atoms with van der Waals surface area (Å²) >= 11 is 0. The topological polar surface area (TPSA) is 20.7 Å². The maximum absolute atomic E-state index is 3.64. The molecule has 0 saturated carbocycles. The van der Waals surface area contributed by atoms with Gasteiger partial charge in [-0.15, -0.1) is 0 Å². The maximum atomic E-state index is 3.64. The molecule has 0 bridgehead atoms. The molecule has 8 rings (SSSR count). The summed E-state index contributed by atoms with van der Waals surface area (Å²) < 4.78 is 2.47. The highest BCUT2D eigenvalue weighted by molar-refractivity contribution is 6.21. The van der Waals surface area contributed by atoms with Crippen LogP contribution in [0.2, 0.25) is 0 Å². The molecule has 1 aliphatic rings. The van der Waals surface area contributed by atoms with Gasteiger partial charge in [-0.05, 0) is 35.4 Å². The van der Waals surface area contributed by atoms with E-state index in [0.29, 0.717) is 0 Å².